The maximum absolute atomic E-state index is 12.2. The van der Waals surface area contributed by atoms with Gasteiger partial charge in [0.25, 0.3) is 0 Å². The Bertz CT molecular complexity index is 387. The van der Waals surface area contributed by atoms with Crippen molar-refractivity contribution in [1.82, 2.24) is 0 Å². The number of ether oxygens (including phenoxy) is 1. The van der Waals surface area contributed by atoms with Gasteiger partial charge >= 0.3 is 5.97 Å². The lowest BCUT2D eigenvalue weighted by Gasteiger charge is -2.22. The highest BCUT2D eigenvalue weighted by atomic mass is 16.5. The fraction of sp³-hybridized carbons (Fsp3) is 0.600. The minimum absolute atomic E-state index is 0.152. The second kappa shape index (κ2) is 5.98. The van der Waals surface area contributed by atoms with Gasteiger partial charge in [0.1, 0.15) is 0 Å². The second-order valence-electron chi connectivity index (χ2n) is 5.08. The molecule has 2 aliphatic carbocycles. The van der Waals surface area contributed by atoms with Gasteiger partial charge in [-0.25, -0.2) is 4.79 Å². The van der Waals surface area contributed by atoms with Gasteiger partial charge in [0.05, 0.1) is 7.11 Å². The van der Waals surface area contributed by atoms with Crippen molar-refractivity contribution < 1.29 is 14.3 Å². The molecule has 0 radical (unpaired) electrons. The zero-order valence-corrected chi connectivity index (χ0v) is 10.9. The molecule has 1 saturated carbocycles. The number of allylic oxidation sites excluding steroid dienone is 3. The molecule has 0 amide bonds. The first kappa shape index (κ1) is 13.1. The molecule has 0 bridgehead atoms. The lowest BCUT2D eigenvalue weighted by Crippen LogP contribution is -2.17. The molecule has 3 heteroatoms. The van der Waals surface area contributed by atoms with E-state index < -0.39 is 5.97 Å². The minimum Gasteiger partial charge on any atom is -0.466 e. The molecular formula is C15H20O3. The van der Waals surface area contributed by atoms with Crippen LogP contribution < -0.4 is 0 Å². The lowest BCUT2D eigenvalue weighted by atomic mass is 9.82. The van der Waals surface area contributed by atoms with Crippen LogP contribution in [-0.4, -0.2) is 18.9 Å². The number of hydrogen-bond donors (Lipinski definition) is 0. The van der Waals surface area contributed by atoms with E-state index in [0.717, 1.165) is 24.8 Å². The van der Waals surface area contributed by atoms with Crippen LogP contribution in [0.1, 0.15) is 38.5 Å². The molecule has 0 heterocycles. The second-order valence-corrected chi connectivity index (χ2v) is 5.08. The van der Waals surface area contributed by atoms with Crippen molar-refractivity contribution >= 4 is 11.8 Å². The monoisotopic (exact) mass is 248 g/mol. The first-order chi connectivity index (χ1) is 8.72. The third kappa shape index (κ3) is 2.89. The highest BCUT2D eigenvalue weighted by molar-refractivity contribution is 6.01. The molecule has 0 aromatic rings. The SMILES string of the molecule is COC(=O)/C=C/[C@H]1CC=C(C2CCCCC2)C1=O. The Labute approximate surface area is 108 Å². The van der Waals surface area contributed by atoms with E-state index in [1.807, 2.05) is 0 Å². The molecule has 0 spiro atoms. The van der Waals surface area contributed by atoms with Crippen molar-refractivity contribution in [3.05, 3.63) is 23.8 Å². The van der Waals surface area contributed by atoms with E-state index in [0.29, 0.717) is 5.92 Å². The van der Waals surface area contributed by atoms with Crippen molar-refractivity contribution in [3.63, 3.8) is 0 Å². The maximum atomic E-state index is 12.2. The lowest BCUT2D eigenvalue weighted by molar-refractivity contribution is -0.134. The number of carbonyl (C=O) groups is 2. The first-order valence-corrected chi connectivity index (χ1v) is 6.72. The van der Waals surface area contributed by atoms with Gasteiger partial charge in [-0.3, -0.25) is 4.79 Å². The van der Waals surface area contributed by atoms with Crippen molar-refractivity contribution in [2.75, 3.05) is 7.11 Å². The average Bonchev–Trinajstić information content (AvgIpc) is 2.78. The van der Waals surface area contributed by atoms with Crippen LogP contribution in [0.4, 0.5) is 0 Å². The van der Waals surface area contributed by atoms with Crippen LogP contribution in [0.5, 0.6) is 0 Å². The van der Waals surface area contributed by atoms with Crippen molar-refractivity contribution in [3.8, 4) is 0 Å². The smallest absolute Gasteiger partial charge is 0.330 e. The van der Waals surface area contributed by atoms with Crippen molar-refractivity contribution in [1.29, 1.82) is 0 Å². The molecule has 98 valence electrons. The molecule has 0 saturated heterocycles. The molecule has 1 fully saturated rings. The Balaban J connectivity index is 1.95. The Morgan fingerprint density at radius 2 is 2.06 bits per heavy atom. The van der Waals surface area contributed by atoms with Crippen molar-refractivity contribution in [2.24, 2.45) is 11.8 Å². The van der Waals surface area contributed by atoms with E-state index in [2.05, 4.69) is 10.8 Å². The summed E-state index contributed by atoms with van der Waals surface area (Å²) in [7, 11) is 1.34. The maximum Gasteiger partial charge on any atom is 0.330 e. The summed E-state index contributed by atoms with van der Waals surface area (Å²) >= 11 is 0. The molecule has 3 nitrogen and oxygen atoms in total. The highest BCUT2D eigenvalue weighted by Crippen LogP contribution is 2.35. The first-order valence-electron chi connectivity index (χ1n) is 6.72. The number of hydrogen-bond acceptors (Lipinski definition) is 3. The number of carbonyl (C=O) groups excluding carboxylic acids is 2. The summed E-state index contributed by atoms with van der Waals surface area (Å²) < 4.78 is 4.53. The van der Waals surface area contributed by atoms with E-state index in [4.69, 9.17) is 0 Å². The number of ketones is 1. The van der Waals surface area contributed by atoms with Crippen LogP contribution in [0.25, 0.3) is 0 Å². The summed E-state index contributed by atoms with van der Waals surface area (Å²) in [5.74, 6) is 0.125. The molecule has 0 aromatic heterocycles. The molecule has 2 aliphatic rings. The molecule has 18 heavy (non-hydrogen) atoms. The van der Waals surface area contributed by atoms with E-state index >= 15 is 0 Å². The predicted octanol–water partition coefficient (Wildman–Crippen LogP) is 2.81. The third-order valence-electron chi connectivity index (χ3n) is 3.92. The van der Waals surface area contributed by atoms with Crippen LogP contribution in [-0.2, 0) is 14.3 Å². The van der Waals surface area contributed by atoms with Gasteiger partial charge in [-0.2, -0.15) is 0 Å². The van der Waals surface area contributed by atoms with Gasteiger partial charge in [0.2, 0.25) is 0 Å². The van der Waals surface area contributed by atoms with Gasteiger partial charge in [-0.05, 0) is 30.8 Å². The van der Waals surface area contributed by atoms with Gasteiger partial charge in [-0.15, -0.1) is 0 Å². The number of esters is 1. The molecule has 0 N–H and O–H groups in total. The van der Waals surface area contributed by atoms with Gasteiger partial charge in [-0.1, -0.05) is 31.4 Å². The Kier molecular flexibility index (Phi) is 4.34. The number of Topliss-reactive ketones (excluding diaryl/α,β-unsaturated/α-hetero) is 1. The summed E-state index contributed by atoms with van der Waals surface area (Å²) in [4.78, 5) is 23.3. The summed E-state index contributed by atoms with van der Waals surface area (Å²) in [5.41, 5.74) is 1.01. The zero-order chi connectivity index (χ0) is 13.0. The zero-order valence-electron chi connectivity index (χ0n) is 10.9. The summed E-state index contributed by atoms with van der Waals surface area (Å²) in [6.07, 6.45) is 11.9. The largest absolute Gasteiger partial charge is 0.466 e. The summed E-state index contributed by atoms with van der Waals surface area (Å²) in [6.45, 7) is 0. The van der Waals surface area contributed by atoms with Crippen LogP contribution >= 0.6 is 0 Å². The van der Waals surface area contributed by atoms with Crippen LogP contribution in [0.3, 0.4) is 0 Å². The molecule has 0 unspecified atom stereocenters. The number of rotatable bonds is 3. The predicted molar refractivity (Wildman–Crippen MR) is 68.9 cm³/mol. The topological polar surface area (TPSA) is 43.4 Å². The molecular weight excluding hydrogens is 228 g/mol. The molecule has 2 rings (SSSR count). The van der Waals surface area contributed by atoms with Crippen LogP contribution in [0.2, 0.25) is 0 Å². The van der Waals surface area contributed by atoms with Gasteiger partial charge in [0.15, 0.2) is 5.78 Å². The van der Waals surface area contributed by atoms with Crippen molar-refractivity contribution in [2.45, 2.75) is 38.5 Å². The van der Waals surface area contributed by atoms with Gasteiger partial charge in [0, 0.05) is 12.0 Å². The van der Waals surface area contributed by atoms with E-state index in [9.17, 15) is 9.59 Å². The Morgan fingerprint density at radius 3 is 2.72 bits per heavy atom. The molecule has 0 aliphatic heterocycles. The Morgan fingerprint density at radius 1 is 1.33 bits per heavy atom. The highest BCUT2D eigenvalue weighted by Gasteiger charge is 2.31. The van der Waals surface area contributed by atoms with Gasteiger partial charge < -0.3 is 4.74 Å². The van der Waals surface area contributed by atoms with E-state index in [1.165, 1.54) is 32.4 Å². The van der Waals surface area contributed by atoms with E-state index in [-0.39, 0.29) is 11.7 Å². The minimum atomic E-state index is -0.395. The normalized spacial score (nSPS) is 25.5. The van der Waals surface area contributed by atoms with Crippen LogP contribution in [0.15, 0.2) is 23.8 Å². The third-order valence-corrected chi connectivity index (χ3v) is 3.92. The fourth-order valence-electron chi connectivity index (χ4n) is 2.89. The standard InChI is InChI=1S/C15H20O3/c1-18-14(16)10-8-12-7-9-13(15(12)17)11-5-3-2-4-6-11/h8-12H,2-7H2,1H3/b10-8+/t12-/m1/s1. The average molecular weight is 248 g/mol. The Hall–Kier alpha value is -1.38. The fourth-order valence-corrected chi connectivity index (χ4v) is 2.89. The van der Waals surface area contributed by atoms with E-state index in [1.54, 1.807) is 6.08 Å². The molecule has 0 aromatic carbocycles. The summed E-state index contributed by atoms with van der Waals surface area (Å²) in [6, 6.07) is 0. The summed E-state index contributed by atoms with van der Waals surface area (Å²) in [5, 5.41) is 0. The number of methoxy groups -OCH3 is 1. The molecule has 1 atom stereocenters. The van der Waals surface area contributed by atoms with Crippen LogP contribution in [0, 0.1) is 11.8 Å². The quantitative estimate of drug-likeness (QED) is 0.570.